The van der Waals surface area contributed by atoms with Crippen LogP contribution >= 0.6 is 0 Å². The Morgan fingerprint density at radius 2 is 1.85 bits per heavy atom. The molecule has 5 rings (SSSR count). The van der Waals surface area contributed by atoms with Crippen LogP contribution in [0.4, 0.5) is 0 Å². The van der Waals surface area contributed by atoms with E-state index in [1.807, 2.05) is 0 Å². The van der Waals surface area contributed by atoms with Gasteiger partial charge in [-0.1, -0.05) is 25.7 Å². The van der Waals surface area contributed by atoms with Gasteiger partial charge in [-0.15, -0.1) is 0 Å². The van der Waals surface area contributed by atoms with Crippen molar-refractivity contribution in [2.45, 2.75) is 116 Å². The molecule has 0 spiro atoms. The van der Waals surface area contributed by atoms with Crippen molar-refractivity contribution >= 4 is 5.97 Å². The summed E-state index contributed by atoms with van der Waals surface area (Å²) in [6.45, 7) is 7.48. The zero-order valence-electron chi connectivity index (χ0n) is 21.4. The molecule has 1 heterocycles. The van der Waals surface area contributed by atoms with Gasteiger partial charge in [0.25, 0.3) is 0 Å². The van der Waals surface area contributed by atoms with E-state index in [-0.39, 0.29) is 23.8 Å². The summed E-state index contributed by atoms with van der Waals surface area (Å²) < 4.78 is 17.1. The van der Waals surface area contributed by atoms with Gasteiger partial charge in [-0.3, -0.25) is 4.79 Å². The number of hydrogen-bond donors (Lipinski definition) is 1. The van der Waals surface area contributed by atoms with Crippen LogP contribution in [0.25, 0.3) is 0 Å². The van der Waals surface area contributed by atoms with Crippen LogP contribution in [0.5, 0.6) is 0 Å². The van der Waals surface area contributed by atoms with Crippen molar-refractivity contribution < 1.29 is 24.1 Å². The molecule has 5 heteroatoms. The van der Waals surface area contributed by atoms with E-state index < -0.39 is 5.60 Å². The van der Waals surface area contributed by atoms with Crippen molar-refractivity contribution in [1.82, 2.24) is 0 Å². The molecular formula is C29H44O5. The summed E-state index contributed by atoms with van der Waals surface area (Å²) in [6.07, 6.45) is 12.9. The van der Waals surface area contributed by atoms with Gasteiger partial charge in [0.15, 0.2) is 6.29 Å². The zero-order chi connectivity index (χ0) is 24.0. The summed E-state index contributed by atoms with van der Waals surface area (Å²) in [4.78, 5) is 11.5. The Bertz CT molecular complexity index is 824. The second-order valence-electron chi connectivity index (χ2n) is 12.4. The molecule has 9 atom stereocenters. The first-order valence-corrected chi connectivity index (χ1v) is 13.9. The van der Waals surface area contributed by atoms with Crippen molar-refractivity contribution in [3.05, 3.63) is 0 Å². The molecule has 1 saturated heterocycles. The maximum absolute atomic E-state index is 11.8. The van der Waals surface area contributed by atoms with Crippen LogP contribution in [0, 0.1) is 46.3 Å². The van der Waals surface area contributed by atoms with E-state index in [1.165, 1.54) is 26.2 Å². The molecule has 0 aromatic heterocycles. The van der Waals surface area contributed by atoms with Gasteiger partial charge in [-0.05, 0) is 106 Å². The molecule has 190 valence electrons. The number of aliphatic hydroxyl groups is 1. The van der Waals surface area contributed by atoms with E-state index in [2.05, 4.69) is 25.7 Å². The summed E-state index contributed by atoms with van der Waals surface area (Å²) in [7, 11) is 0. The quantitative estimate of drug-likeness (QED) is 0.450. The Morgan fingerprint density at radius 1 is 1.03 bits per heavy atom. The molecule has 34 heavy (non-hydrogen) atoms. The lowest BCUT2D eigenvalue weighted by Gasteiger charge is -2.61. The summed E-state index contributed by atoms with van der Waals surface area (Å²) in [5.74, 6) is 8.91. The first-order chi connectivity index (χ1) is 16.3. The Labute approximate surface area is 205 Å². The average molecular weight is 473 g/mol. The molecule has 1 unspecified atom stereocenters. The number of esters is 1. The van der Waals surface area contributed by atoms with Crippen molar-refractivity contribution in [3.8, 4) is 11.8 Å². The first-order valence-electron chi connectivity index (χ1n) is 13.9. The van der Waals surface area contributed by atoms with Crippen molar-refractivity contribution in [2.75, 3.05) is 13.2 Å². The monoisotopic (exact) mass is 472 g/mol. The fourth-order valence-corrected chi connectivity index (χ4v) is 8.94. The molecule has 4 aliphatic carbocycles. The van der Waals surface area contributed by atoms with E-state index in [0.717, 1.165) is 64.4 Å². The highest BCUT2D eigenvalue weighted by molar-refractivity contribution is 5.66. The molecule has 0 aromatic rings. The largest absolute Gasteiger partial charge is 0.463 e. The normalized spacial score (nSPS) is 48.0. The highest BCUT2D eigenvalue weighted by Gasteiger charge is 2.64. The fraction of sp³-hybridized carbons (Fsp3) is 0.897. The minimum absolute atomic E-state index is 0.106. The van der Waals surface area contributed by atoms with E-state index in [9.17, 15) is 9.90 Å². The van der Waals surface area contributed by atoms with Crippen LogP contribution in [0.15, 0.2) is 0 Å². The summed E-state index contributed by atoms with van der Waals surface area (Å²) in [5, 5.41) is 11.8. The maximum atomic E-state index is 11.8. The second-order valence-corrected chi connectivity index (χ2v) is 12.4. The third kappa shape index (κ3) is 4.22. The molecule has 0 aromatic carbocycles. The van der Waals surface area contributed by atoms with Gasteiger partial charge < -0.3 is 19.3 Å². The molecular weight excluding hydrogens is 428 g/mol. The fourth-order valence-electron chi connectivity index (χ4n) is 8.94. The van der Waals surface area contributed by atoms with Crippen molar-refractivity contribution in [2.24, 2.45) is 34.5 Å². The number of fused-ring (bicyclic) bond motifs is 5. The Hall–Kier alpha value is -1.09. The lowest BCUT2D eigenvalue weighted by molar-refractivity contribution is -0.164. The summed E-state index contributed by atoms with van der Waals surface area (Å²) in [6, 6.07) is 0. The number of carbonyl (C=O) groups excluding carboxylic acids is 1. The number of hydrogen-bond acceptors (Lipinski definition) is 5. The second kappa shape index (κ2) is 9.41. The van der Waals surface area contributed by atoms with Gasteiger partial charge >= 0.3 is 5.97 Å². The van der Waals surface area contributed by atoms with E-state index in [0.29, 0.717) is 35.7 Å². The average Bonchev–Trinajstić information content (AvgIpc) is 3.08. The first kappa shape index (κ1) is 24.6. The van der Waals surface area contributed by atoms with Gasteiger partial charge in [0.05, 0.1) is 0 Å². The van der Waals surface area contributed by atoms with Gasteiger partial charge in [0, 0.05) is 18.9 Å². The predicted molar refractivity (Wildman–Crippen MR) is 130 cm³/mol. The van der Waals surface area contributed by atoms with E-state index in [1.54, 1.807) is 0 Å². The van der Waals surface area contributed by atoms with Crippen LogP contribution < -0.4 is 0 Å². The minimum Gasteiger partial charge on any atom is -0.463 e. The van der Waals surface area contributed by atoms with Crippen LogP contribution in [-0.2, 0) is 19.0 Å². The van der Waals surface area contributed by atoms with Crippen LogP contribution in [0.3, 0.4) is 0 Å². The van der Waals surface area contributed by atoms with E-state index in [4.69, 9.17) is 14.2 Å². The minimum atomic E-state index is -0.913. The molecule has 5 fully saturated rings. The number of carbonyl (C=O) groups is 1. The maximum Gasteiger partial charge on any atom is 0.302 e. The van der Waals surface area contributed by atoms with Gasteiger partial charge in [-0.2, -0.15) is 0 Å². The number of rotatable bonds is 3. The smallest absolute Gasteiger partial charge is 0.302 e. The topological polar surface area (TPSA) is 65.0 Å². The Kier molecular flexibility index (Phi) is 6.81. The van der Waals surface area contributed by atoms with E-state index >= 15 is 0 Å². The molecule has 0 bridgehead atoms. The van der Waals surface area contributed by atoms with Gasteiger partial charge in [-0.25, -0.2) is 0 Å². The summed E-state index contributed by atoms with van der Waals surface area (Å²) in [5.41, 5.74) is -0.716. The van der Waals surface area contributed by atoms with Crippen LogP contribution in [0.2, 0.25) is 0 Å². The predicted octanol–water partition coefficient (Wildman–Crippen LogP) is 5.24. The molecule has 5 nitrogen and oxygen atoms in total. The molecule has 0 amide bonds. The van der Waals surface area contributed by atoms with Crippen LogP contribution in [-0.4, -0.2) is 42.3 Å². The molecule has 1 N–H and O–H groups in total. The third-order valence-electron chi connectivity index (χ3n) is 10.9. The van der Waals surface area contributed by atoms with Gasteiger partial charge in [0.1, 0.15) is 18.3 Å². The molecule has 1 aliphatic heterocycles. The SMILES string of the molecule is CC(=O)O[C@H]1CC[C@@]2(C)[C@@H](CC[C@@H]3[C@@H]2CC[C@@]2(C)[C@H]3CC[C@@]2(O)C#CCOC2CCCCO2)C1. The van der Waals surface area contributed by atoms with Gasteiger partial charge in [0.2, 0.25) is 0 Å². The zero-order valence-corrected chi connectivity index (χ0v) is 21.4. The lowest BCUT2D eigenvalue weighted by Crippen LogP contribution is -2.56. The molecule has 0 radical (unpaired) electrons. The van der Waals surface area contributed by atoms with Crippen molar-refractivity contribution in [1.29, 1.82) is 0 Å². The standard InChI is InChI=1S/C29H44O5/c1-20(30)34-22-10-14-27(2)21(19-22)8-9-23-24(27)11-15-28(3)25(23)12-16-29(28,31)13-6-18-33-26-7-4-5-17-32-26/h21-26,31H,4-5,7-12,14-19H2,1-3H3/t21-,22-,23+,24-,25-,26?,27-,28-,29-/m0/s1. The summed E-state index contributed by atoms with van der Waals surface area (Å²) >= 11 is 0. The highest BCUT2D eigenvalue weighted by Crippen LogP contribution is 2.68. The molecule has 4 saturated carbocycles. The third-order valence-corrected chi connectivity index (χ3v) is 10.9. The molecule has 5 aliphatic rings. The Morgan fingerprint density at radius 3 is 2.62 bits per heavy atom. The lowest BCUT2D eigenvalue weighted by atomic mass is 9.44. The highest BCUT2D eigenvalue weighted by atomic mass is 16.7. The van der Waals surface area contributed by atoms with Crippen molar-refractivity contribution in [3.63, 3.8) is 0 Å². The Balaban J connectivity index is 1.25. The number of ether oxygens (including phenoxy) is 3. The van der Waals surface area contributed by atoms with Crippen LogP contribution in [0.1, 0.15) is 97.8 Å².